The second-order valence-corrected chi connectivity index (χ2v) is 6.07. The van der Waals surface area contributed by atoms with Gasteiger partial charge < -0.3 is 10.1 Å². The number of carbonyl (C=O) groups excluding carboxylic acids is 1. The third kappa shape index (κ3) is 3.57. The van der Waals surface area contributed by atoms with Crippen LogP contribution < -0.4 is 10.1 Å². The molecule has 1 aromatic carbocycles. The fourth-order valence-electron chi connectivity index (χ4n) is 2.15. The van der Waals surface area contributed by atoms with Gasteiger partial charge in [0.1, 0.15) is 17.5 Å². The molecule has 1 aliphatic rings. The molecule has 2 aromatic rings. The highest BCUT2D eigenvalue weighted by Gasteiger charge is 2.21. The summed E-state index contributed by atoms with van der Waals surface area (Å²) < 4.78 is 18.7. The van der Waals surface area contributed by atoms with E-state index in [1.165, 1.54) is 24.3 Å². The zero-order valence-electron chi connectivity index (χ0n) is 11.8. The zero-order valence-corrected chi connectivity index (χ0v) is 12.6. The Balaban J connectivity index is 1.75. The predicted octanol–water partition coefficient (Wildman–Crippen LogP) is 3.36. The lowest BCUT2D eigenvalue weighted by atomic mass is 10.2. The zero-order chi connectivity index (χ0) is 15.4. The number of ether oxygens (including phenoxy) is 1. The van der Waals surface area contributed by atoms with E-state index in [0.29, 0.717) is 17.1 Å². The molecular weight excluding hydrogens is 303 g/mol. The second-order valence-electron chi connectivity index (χ2n) is 4.92. The number of aromatic nitrogens is 1. The molecule has 6 heteroatoms. The highest BCUT2D eigenvalue weighted by atomic mass is 32.2. The van der Waals surface area contributed by atoms with Gasteiger partial charge in [0, 0.05) is 17.6 Å². The Morgan fingerprint density at radius 3 is 2.86 bits per heavy atom. The summed E-state index contributed by atoms with van der Waals surface area (Å²) in [6, 6.07) is 8.98. The van der Waals surface area contributed by atoms with Crippen LogP contribution in [-0.2, 0) is 0 Å². The van der Waals surface area contributed by atoms with E-state index in [2.05, 4.69) is 10.3 Å². The minimum Gasteiger partial charge on any atom is -0.473 e. The first-order valence-electron chi connectivity index (χ1n) is 6.99. The van der Waals surface area contributed by atoms with Crippen molar-refractivity contribution in [2.75, 3.05) is 16.8 Å². The minimum atomic E-state index is -0.345. The molecule has 3 rings (SSSR count). The molecule has 1 saturated heterocycles. The van der Waals surface area contributed by atoms with Crippen molar-refractivity contribution in [1.29, 1.82) is 0 Å². The number of anilines is 1. The molecule has 1 fully saturated rings. The first-order valence-corrected chi connectivity index (χ1v) is 8.14. The summed E-state index contributed by atoms with van der Waals surface area (Å²) in [6.45, 7) is 0. The Morgan fingerprint density at radius 2 is 2.14 bits per heavy atom. The maximum Gasteiger partial charge on any atom is 0.261 e. The number of hydrogen-bond donors (Lipinski definition) is 1. The summed E-state index contributed by atoms with van der Waals surface area (Å²) in [5, 5.41) is 2.72. The Hall–Kier alpha value is -2.08. The standard InChI is InChI=1S/C16H15FN2O2S/c17-11-3-5-12(6-4-11)19-15(20)14-2-1-8-18-16(14)21-13-7-9-22-10-13/h1-6,8,13H,7,9-10H2,(H,19,20). The maximum atomic E-state index is 12.9. The van der Waals surface area contributed by atoms with Crippen LogP contribution >= 0.6 is 11.8 Å². The minimum absolute atomic E-state index is 0.0947. The van der Waals surface area contributed by atoms with Gasteiger partial charge in [-0.25, -0.2) is 9.37 Å². The van der Waals surface area contributed by atoms with Gasteiger partial charge in [-0.3, -0.25) is 4.79 Å². The first kappa shape index (κ1) is 14.8. The number of rotatable bonds is 4. The monoisotopic (exact) mass is 318 g/mol. The summed E-state index contributed by atoms with van der Waals surface area (Å²) in [5.41, 5.74) is 0.904. The molecule has 0 aliphatic carbocycles. The van der Waals surface area contributed by atoms with Gasteiger partial charge in [0.25, 0.3) is 5.91 Å². The van der Waals surface area contributed by atoms with Crippen LogP contribution in [0.4, 0.5) is 10.1 Å². The van der Waals surface area contributed by atoms with Gasteiger partial charge in [0.15, 0.2) is 0 Å². The van der Waals surface area contributed by atoms with E-state index in [4.69, 9.17) is 4.74 Å². The third-order valence-electron chi connectivity index (χ3n) is 3.28. The summed E-state index contributed by atoms with van der Waals surface area (Å²) >= 11 is 1.83. The molecule has 1 atom stereocenters. The lowest BCUT2D eigenvalue weighted by Crippen LogP contribution is -2.20. The Kier molecular flexibility index (Phi) is 4.58. The molecule has 22 heavy (non-hydrogen) atoms. The normalized spacial score (nSPS) is 17.2. The number of nitrogens with zero attached hydrogens (tertiary/aromatic N) is 1. The number of hydrogen-bond acceptors (Lipinski definition) is 4. The first-order chi connectivity index (χ1) is 10.7. The van der Waals surface area contributed by atoms with Crippen molar-refractivity contribution in [2.45, 2.75) is 12.5 Å². The molecule has 0 radical (unpaired) electrons. The van der Waals surface area contributed by atoms with Crippen molar-refractivity contribution in [3.63, 3.8) is 0 Å². The average molecular weight is 318 g/mol. The van der Waals surface area contributed by atoms with Crippen molar-refractivity contribution in [3.8, 4) is 5.88 Å². The number of halogens is 1. The molecule has 1 N–H and O–H groups in total. The predicted molar refractivity (Wildman–Crippen MR) is 84.9 cm³/mol. The van der Waals surface area contributed by atoms with Gasteiger partial charge >= 0.3 is 0 Å². The van der Waals surface area contributed by atoms with E-state index in [9.17, 15) is 9.18 Å². The highest BCUT2D eigenvalue weighted by molar-refractivity contribution is 7.99. The second kappa shape index (κ2) is 6.79. The number of carbonyl (C=O) groups is 1. The lowest BCUT2D eigenvalue weighted by Gasteiger charge is -2.14. The van der Waals surface area contributed by atoms with Gasteiger partial charge in [0.05, 0.1) is 0 Å². The number of thioether (sulfide) groups is 1. The Labute approximate surface area is 132 Å². The van der Waals surface area contributed by atoms with Crippen LogP contribution in [0.2, 0.25) is 0 Å². The molecule has 1 unspecified atom stereocenters. The molecular formula is C16H15FN2O2S. The highest BCUT2D eigenvalue weighted by Crippen LogP contribution is 2.24. The lowest BCUT2D eigenvalue weighted by molar-refractivity contribution is 0.101. The summed E-state index contributed by atoms with van der Waals surface area (Å²) in [6.07, 6.45) is 2.66. The van der Waals surface area contributed by atoms with E-state index in [0.717, 1.165) is 17.9 Å². The van der Waals surface area contributed by atoms with Crippen LogP contribution in [0.25, 0.3) is 0 Å². The number of nitrogens with one attached hydrogen (secondary N) is 1. The molecule has 0 bridgehead atoms. The van der Waals surface area contributed by atoms with Crippen molar-refractivity contribution >= 4 is 23.4 Å². The van der Waals surface area contributed by atoms with Crippen LogP contribution in [0.1, 0.15) is 16.8 Å². The van der Waals surface area contributed by atoms with Crippen molar-refractivity contribution in [1.82, 2.24) is 4.98 Å². The van der Waals surface area contributed by atoms with E-state index in [1.807, 2.05) is 11.8 Å². The van der Waals surface area contributed by atoms with E-state index < -0.39 is 0 Å². The van der Waals surface area contributed by atoms with Gasteiger partial charge in [-0.1, -0.05) is 0 Å². The van der Waals surface area contributed by atoms with Crippen LogP contribution in [-0.4, -0.2) is 28.5 Å². The molecule has 1 aromatic heterocycles. The topological polar surface area (TPSA) is 51.2 Å². The average Bonchev–Trinajstić information content (AvgIpc) is 3.03. The van der Waals surface area contributed by atoms with E-state index in [-0.39, 0.29) is 17.8 Å². The van der Waals surface area contributed by atoms with Gasteiger partial charge in [-0.2, -0.15) is 11.8 Å². The Bertz CT molecular complexity index is 657. The maximum absolute atomic E-state index is 12.9. The van der Waals surface area contributed by atoms with Crippen LogP contribution in [0.5, 0.6) is 5.88 Å². The Morgan fingerprint density at radius 1 is 1.32 bits per heavy atom. The van der Waals surface area contributed by atoms with Crippen LogP contribution in [0.15, 0.2) is 42.6 Å². The van der Waals surface area contributed by atoms with Gasteiger partial charge in [-0.15, -0.1) is 0 Å². The molecule has 114 valence electrons. The number of amides is 1. The van der Waals surface area contributed by atoms with Crippen molar-refractivity contribution in [2.24, 2.45) is 0 Å². The quantitative estimate of drug-likeness (QED) is 0.939. The van der Waals surface area contributed by atoms with Crippen LogP contribution in [0, 0.1) is 5.82 Å². The molecule has 2 heterocycles. The van der Waals surface area contributed by atoms with Crippen LogP contribution in [0.3, 0.4) is 0 Å². The third-order valence-corrected chi connectivity index (χ3v) is 4.42. The van der Waals surface area contributed by atoms with Crippen molar-refractivity contribution < 1.29 is 13.9 Å². The van der Waals surface area contributed by atoms with E-state index in [1.54, 1.807) is 18.3 Å². The number of pyridine rings is 1. The summed E-state index contributed by atoms with van der Waals surface area (Å²) in [7, 11) is 0. The van der Waals surface area contributed by atoms with Gasteiger partial charge in [-0.05, 0) is 48.6 Å². The number of benzene rings is 1. The largest absolute Gasteiger partial charge is 0.473 e. The van der Waals surface area contributed by atoms with Gasteiger partial charge in [0.2, 0.25) is 5.88 Å². The summed E-state index contributed by atoms with van der Waals surface area (Å²) in [5.74, 6) is 1.65. The van der Waals surface area contributed by atoms with E-state index >= 15 is 0 Å². The summed E-state index contributed by atoms with van der Waals surface area (Å²) in [4.78, 5) is 16.5. The SMILES string of the molecule is O=C(Nc1ccc(F)cc1)c1cccnc1OC1CCSC1. The molecule has 0 spiro atoms. The fraction of sp³-hybridized carbons (Fsp3) is 0.250. The molecule has 1 amide bonds. The smallest absolute Gasteiger partial charge is 0.261 e. The fourth-order valence-corrected chi connectivity index (χ4v) is 3.25. The molecule has 4 nitrogen and oxygen atoms in total. The molecule has 0 saturated carbocycles. The van der Waals surface area contributed by atoms with Crippen molar-refractivity contribution in [3.05, 3.63) is 54.0 Å². The molecule has 1 aliphatic heterocycles.